The molecule has 1 fully saturated rings. The van der Waals surface area contributed by atoms with Gasteiger partial charge in [-0.05, 0) is 38.7 Å². The molecule has 0 aromatic carbocycles. The fraction of sp³-hybridized carbons (Fsp3) is 0.467. The van der Waals surface area contributed by atoms with E-state index in [9.17, 15) is 4.79 Å². The summed E-state index contributed by atoms with van der Waals surface area (Å²) in [7, 11) is 1.96. The minimum atomic E-state index is -0.0840. The van der Waals surface area contributed by atoms with Crippen molar-refractivity contribution < 1.29 is 9.21 Å². The van der Waals surface area contributed by atoms with Crippen molar-refractivity contribution in [3.8, 4) is 0 Å². The van der Waals surface area contributed by atoms with Gasteiger partial charge in [0.1, 0.15) is 17.3 Å². The van der Waals surface area contributed by atoms with Crippen molar-refractivity contribution in [3.05, 3.63) is 41.4 Å². The highest BCUT2D eigenvalue weighted by molar-refractivity contribution is 5.95. The lowest BCUT2D eigenvalue weighted by atomic mass is 10.1. The van der Waals surface area contributed by atoms with Gasteiger partial charge in [-0.2, -0.15) is 0 Å². The van der Waals surface area contributed by atoms with Gasteiger partial charge in [-0.3, -0.25) is 4.79 Å². The van der Waals surface area contributed by atoms with Crippen molar-refractivity contribution in [2.75, 3.05) is 0 Å². The van der Waals surface area contributed by atoms with Crippen molar-refractivity contribution >= 4 is 5.91 Å². The third-order valence-electron chi connectivity index (χ3n) is 3.80. The first-order chi connectivity index (χ1) is 9.56. The average molecular weight is 273 g/mol. The van der Waals surface area contributed by atoms with E-state index < -0.39 is 0 Å². The van der Waals surface area contributed by atoms with Gasteiger partial charge in [-0.1, -0.05) is 0 Å². The quantitative estimate of drug-likeness (QED) is 0.931. The number of furan rings is 1. The second-order valence-corrected chi connectivity index (χ2v) is 5.51. The zero-order valence-electron chi connectivity index (χ0n) is 12.0. The Balaban J connectivity index is 1.82. The second-order valence-electron chi connectivity index (χ2n) is 5.51. The first-order valence-corrected chi connectivity index (χ1v) is 6.91. The smallest absolute Gasteiger partial charge is 0.255 e. The summed E-state index contributed by atoms with van der Waals surface area (Å²) in [4.78, 5) is 16.8. The van der Waals surface area contributed by atoms with Gasteiger partial charge < -0.3 is 14.3 Å². The third-order valence-corrected chi connectivity index (χ3v) is 3.80. The fourth-order valence-electron chi connectivity index (χ4n) is 2.57. The standard InChI is InChI=1S/C15H19N3O2/c1-9-8-12(10(2)20-9)15(19)17-13(11-4-5-11)14-16-6-7-18(14)3/h6-8,11,13H,4-5H2,1-3H3,(H,17,19)/t13-/m1/s1. The molecule has 1 aliphatic carbocycles. The van der Waals surface area contributed by atoms with Crippen LogP contribution in [0.5, 0.6) is 0 Å². The van der Waals surface area contributed by atoms with Gasteiger partial charge in [0.05, 0.1) is 11.6 Å². The van der Waals surface area contributed by atoms with Crippen molar-refractivity contribution in [1.29, 1.82) is 0 Å². The number of nitrogens with zero attached hydrogens (tertiary/aromatic N) is 2. The van der Waals surface area contributed by atoms with Crippen molar-refractivity contribution in [2.24, 2.45) is 13.0 Å². The number of nitrogens with one attached hydrogen (secondary N) is 1. The van der Waals surface area contributed by atoms with Crippen LogP contribution in [-0.4, -0.2) is 15.5 Å². The Morgan fingerprint density at radius 3 is 2.75 bits per heavy atom. The van der Waals surface area contributed by atoms with E-state index in [-0.39, 0.29) is 11.9 Å². The molecule has 0 radical (unpaired) electrons. The molecule has 1 N–H and O–H groups in total. The maximum absolute atomic E-state index is 12.4. The molecule has 1 aliphatic rings. The maximum Gasteiger partial charge on any atom is 0.255 e. The van der Waals surface area contributed by atoms with E-state index in [1.54, 1.807) is 12.3 Å². The summed E-state index contributed by atoms with van der Waals surface area (Å²) < 4.78 is 7.40. The minimum Gasteiger partial charge on any atom is -0.466 e. The van der Waals surface area contributed by atoms with Crippen molar-refractivity contribution in [3.63, 3.8) is 0 Å². The van der Waals surface area contributed by atoms with Crippen LogP contribution in [0.25, 0.3) is 0 Å². The number of hydrogen-bond acceptors (Lipinski definition) is 3. The normalized spacial score (nSPS) is 16.1. The Morgan fingerprint density at radius 2 is 2.25 bits per heavy atom. The Bertz CT molecular complexity index is 637. The molecule has 0 aliphatic heterocycles. The Hall–Kier alpha value is -2.04. The lowest BCUT2D eigenvalue weighted by molar-refractivity contribution is 0.0927. The highest BCUT2D eigenvalue weighted by Crippen LogP contribution is 2.40. The molecule has 0 saturated heterocycles. The number of carbonyl (C=O) groups excluding carboxylic acids is 1. The summed E-state index contributed by atoms with van der Waals surface area (Å²) in [5.74, 6) is 2.74. The number of aryl methyl sites for hydroxylation is 3. The Labute approximate surface area is 118 Å². The molecule has 0 spiro atoms. The van der Waals surface area contributed by atoms with Gasteiger partial charge >= 0.3 is 0 Å². The van der Waals surface area contributed by atoms with Crippen LogP contribution in [0.3, 0.4) is 0 Å². The zero-order chi connectivity index (χ0) is 14.3. The molecular weight excluding hydrogens is 254 g/mol. The number of imidazole rings is 1. The van der Waals surface area contributed by atoms with E-state index in [0.717, 1.165) is 24.4 Å². The molecule has 0 unspecified atom stereocenters. The largest absolute Gasteiger partial charge is 0.466 e. The molecular formula is C15H19N3O2. The number of aromatic nitrogens is 2. The van der Waals surface area contributed by atoms with E-state index in [2.05, 4.69) is 10.3 Å². The molecule has 20 heavy (non-hydrogen) atoms. The molecule has 106 valence electrons. The molecule has 5 nitrogen and oxygen atoms in total. The van der Waals surface area contributed by atoms with E-state index in [0.29, 0.717) is 17.2 Å². The third kappa shape index (κ3) is 2.35. The number of rotatable bonds is 4. The second kappa shape index (κ2) is 4.81. The summed E-state index contributed by atoms with van der Waals surface area (Å²) in [6.45, 7) is 3.66. The van der Waals surface area contributed by atoms with E-state index in [4.69, 9.17) is 4.42 Å². The highest BCUT2D eigenvalue weighted by Gasteiger charge is 2.36. The summed E-state index contributed by atoms with van der Waals surface area (Å²) >= 11 is 0. The van der Waals surface area contributed by atoms with Crippen LogP contribution in [0.1, 0.15) is 46.6 Å². The van der Waals surface area contributed by atoms with Gasteiger partial charge in [0.25, 0.3) is 5.91 Å². The van der Waals surface area contributed by atoms with Gasteiger partial charge in [0, 0.05) is 19.4 Å². The van der Waals surface area contributed by atoms with Crippen LogP contribution >= 0.6 is 0 Å². The Morgan fingerprint density at radius 1 is 1.50 bits per heavy atom. The van der Waals surface area contributed by atoms with E-state index >= 15 is 0 Å². The summed E-state index contributed by atoms with van der Waals surface area (Å²) in [6, 6.07) is 1.77. The SMILES string of the molecule is Cc1cc(C(=O)N[C@@H](c2nccn2C)C2CC2)c(C)o1. The molecule has 0 bridgehead atoms. The lowest BCUT2D eigenvalue weighted by Gasteiger charge is -2.17. The molecule has 1 saturated carbocycles. The number of amides is 1. The van der Waals surface area contributed by atoms with E-state index in [1.807, 2.05) is 31.7 Å². The maximum atomic E-state index is 12.4. The van der Waals surface area contributed by atoms with Crippen LogP contribution in [0.2, 0.25) is 0 Å². The van der Waals surface area contributed by atoms with Crippen LogP contribution in [-0.2, 0) is 7.05 Å². The summed E-state index contributed by atoms with van der Waals surface area (Å²) in [6.07, 6.45) is 5.96. The topological polar surface area (TPSA) is 60.1 Å². The molecule has 2 aromatic rings. The lowest BCUT2D eigenvalue weighted by Crippen LogP contribution is -2.31. The molecule has 5 heteroatoms. The summed E-state index contributed by atoms with van der Waals surface area (Å²) in [5, 5.41) is 3.11. The van der Waals surface area contributed by atoms with Crippen molar-refractivity contribution in [1.82, 2.24) is 14.9 Å². The number of carbonyl (C=O) groups is 1. The highest BCUT2D eigenvalue weighted by atomic mass is 16.3. The Kier molecular flexibility index (Phi) is 3.12. The monoisotopic (exact) mass is 273 g/mol. The van der Waals surface area contributed by atoms with Crippen LogP contribution in [0.15, 0.2) is 22.9 Å². The molecule has 1 atom stereocenters. The molecule has 1 amide bonds. The number of hydrogen-bond donors (Lipinski definition) is 1. The van der Waals surface area contributed by atoms with Crippen LogP contribution in [0.4, 0.5) is 0 Å². The predicted molar refractivity (Wildman–Crippen MR) is 74.3 cm³/mol. The van der Waals surface area contributed by atoms with Gasteiger partial charge in [0.2, 0.25) is 0 Å². The van der Waals surface area contributed by atoms with E-state index in [1.165, 1.54) is 0 Å². The van der Waals surface area contributed by atoms with Gasteiger partial charge in [-0.25, -0.2) is 4.98 Å². The van der Waals surface area contributed by atoms with Crippen LogP contribution < -0.4 is 5.32 Å². The molecule has 3 rings (SSSR count). The summed E-state index contributed by atoms with van der Waals surface area (Å²) in [5.41, 5.74) is 0.613. The fourth-order valence-corrected chi connectivity index (χ4v) is 2.57. The first-order valence-electron chi connectivity index (χ1n) is 6.91. The molecule has 2 aromatic heterocycles. The predicted octanol–water partition coefficient (Wildman–Crippen LogP) is 2.51. The average Bonchev–Trinajstić information content (AvgIpc) is 3.06. The van der Waals surface area contributed by atoms with Gasteiger partial charge in [-0.15, -0.1) is 0 Å². The van der Waals surface area contributed by atoms with Crippen molar-refractivity contribution in [2.45, 2.75) is 32.7 Å². The first kappa shape index (κ1) is 13.0. The zero-order valence-corrected chi connectivity index (χ0v) is 12.0. The van der Waals surface area contributed by atoms with Gasteiger partial charge in [0.15, 0.2) is 0 Å². The minimum absolute atomic E-state index is 0.0166. The van der Waals surface area contributed by atoms with Crippen LogP contribution in [0, 0.1) is 19.8 Å². The molecule has 2 heterocycles.